The molecule has 15 heavy (non-hydrogen) atoms. The Morgan fingerprint density at radius 3 is 1.93 bits per heavy atom. The van der Waals surface area contributed by atoms with Crippen LogP contribution in [0.2, 0.25) is 15.1 Å². The summed E-state index contributed by atoms with van der Waals surface area (Å²) in [7, 11) is 0. The first kappa shape index (κ1) is 13.4. The zero-order valence-electron chi connectivity index (χ0n) is 6.88. The summed E-state index contributed by atoms with van der Waals surface area (Å²) in [4.78, 5) is -1.85. The lowest BCUT2D eigenvalue weighted by Crippen LogP contribution is -2.15. The molecule has 0 nitrogen and oxygen atoms in total. The number of benzene rings is 1. The second kappa shape index (κ2) is 4.70. The lowest BCUT2D eigenvalue weighted by molar-refractivity contribution is -0.128. The highest BCUT2D eigenvalue weighted by Crippen LogP contribution is 2.44. The molecule has 0 radical (unpaired) electrons. The van der Waals surface area contributed by atoms with Crippen LogP contribution < -0.4 is 0 Å². The van der Waals surface area contributed by atoms with Gasteiger partial charge in [0, 0.05) is 5.02 Å². The van der Waals surface area contributed by atoms with E-state index in [2.05, 4.69) is 15.9 Å². The van der Waals surface area contributed by atoms with Gasteiger partial charge in [-0.1, -0.05) is 50.7 Å². The molecule has 84 valence electrons. The topological polar surface area (TPSA) is 0 Å². The maximum absolute atomic E-state index is 12.4. The van der Waals surface area contributed by atoms with Crippen molar-refractivity contribution in [3.63, 3.8) is 0 Å². The molecule has 1 rings (SSSR count). The molecule has 0 aliphatic heterocycles. The molecule has 0 saturated carbocycles. The van der Waals surface area contributed by atoms with Gasteiger partial charge < -0.3 is 0 Å². The summed E-state index contributed by atoms with van der Waals surface area (Å²) in [6.45, 7) is 0. The molecule has 0 spiro atoms. The Hall–Kier alpha value is 0.360. The van der Waals surface area contributed by atoms with Crippen molar-refractivity contribution in [2.45, 2.75) is 11.0 Å². The maximum Gasteiger partial charge on any atom is 0.405 e. The normalized spacial score (nSPS) is 14.1. The molecule has 0 aliphatic rings. The first-order chi connectivity index (χ1) is 6.73. The van der Waals surface area contributed by atoms with Crippen LogP contribution in [0.1, 0.15) is 10.4 Å². The van der Waals surface area contributed by atoms with E-state index >= 15 is 0 Å². The van der Waals surface area contributed by atoms with Gasteiger partial charge in [-0.2, -0.15) is 13.2 Å². The van der Waals surface area contributed by atoms with Crippen LogP contribution in [-0.4, -0.2) is 6.18 Å². The van der Waals surface area contributed by atoms with Crippen molar-refractivity contribution < 1.29 is 13.2 Å². The van der Waals surface area contributed by atoms with E-state index in [0.717, 1.165) is 6.07 Å². The van der Waals surface area contributed by atoms with Crippen molar-refractivity contribution >= 4 is 50.7 Å². The largest absolute Gasteiger partial charge is 0.405 e. The molecular weight excluding hydrogens is 339 g/mol. The number of hydrogen-bond acceptors (Lipinski definition) is 0. The fourth-order valence-electron chi connectivity index (χ4n) is 0.908. The summed E-state index contributed by atoms with van der Waals surface area (Å²) in [5.41, 5.74) is -0.154. The summed E-state index contributed by atoms with van der Waals surface area (Å²) in [5, 5.41) is 0.0701. The molecule has 1 aromatic carbocycles. The Morgan fingerprint density at radius 1 is 1.00 bits per heavy atom. The molecule has 1 aromatic rings. The molecule has 0 amide bonds. The monoisotopic (exact) mass is 340 g/mol. The van der Waals surface area contributed by atoms with Crippen molar-refractivity contribution in [3.05, 3.63) is 32.8 Å². The first-order valence-corrected chi connectivity index (χ1v) is 5.63. The fourth-order valence-corrected chi connectivity index (χ4v) is 2.08. The quantitative estimate of drug-likeness (QED) is 0.457. The summed E-state index contributed by atoms with van der Waals surface area (Å²) in [5.74, 6) is 0. The molecular formula is C8H3BrCl3F3. The minimum atomic E-state index is -4.43. The van der Waals surface area contributed by atoms with Gasteiger partial charge in [-0.3, -0.25) is 0 Å². The van der Waals surface area contributed by atoms with Crippen molar-refractivity contribution in [1.82, 2.24) is 0 Å². The molecule has 0 N–H and O–H groups in total. The predicted octanol–water partition coefficient (Wildman–Crippen LogP) is 5.65. The number of rotatable bonds is 1. The van der Waals surface area contributed by atoms with Crippen LogP contribution in [0.25, 0.3) is 0 Å². The summed E-state index contributed by atoms with van der Waals surface area (Å²) >= 11 is 19.3. The van der Waals surface area contributed by atoms with E-state index in [-0.39, 0.29) is 20.6 Å². The molecule has 7 heteroatoms. The van der Waals surface area contributed by atoms with Gasteiger partial charge >= 0.3 is 6.18 Å². The molecule has 0 saturated heterocycles. The van der Waals surface area contributed by atoms with Gasteiger partial charge in [-0.05, 0) is 17.7 Å². The Balaban J connectivity index is 3.21. The Labute approximate surface area is 107 Å². The van der Waals surface area contributed by atoms with Gasteiger partial charge in [0.2, 0.25) is 0 Å². The summed E-state index contributed by atoms with van der Waals surface area (Å²) < 4.78 is 37.1. The van der Waals surface area contributed by atoms with Crippen LogP contribution in [-0.2, 0) is 0 Å². The second-order valence-electron chi connectivity index (χ2n) is 2.69. The highest BCUT2D eigenvalue weighted by atomic mass is 79.9. The molecule has 0 bridgehead atoms. The molecule has 0 heterocycles. The van der Waals surface area contributed by atoms with E-state index in [1.807, 2.05) is 0 Å². The van der Waals surface area contributed by atoms with Crippen LogP contribution in [0.3, 0.4) is 0 Å². The molecule has 1 atom stereocenters. The standard InChI is InChI=1S/C8H3BrCl3F3/c9-7(8(13,14)15)3-1-5(11)6(12)2-4(3)10/h1-2,7H. The van der Waals surface area contributed by atoms with Gasteiger partial charge in [0.25, 0.3) is 0 Å². The lowest BCUT2D eigenvalue weighted by Gasteiger charge is -2.16. The smallest absolute Gasteiger partial charge is 0.169 e. The van der Waals surface area contributed by atoms with Crippen LogP contribution in [0.5, 0.6) is 0 Å². The minimum Gasteiger partial charge on any atom is -0.169 e. The van der Waals surface area contributed by atoms with E-state index in [4.69, 9.17) is 34.8 Å². The van der Waals surface area contributed by atoms with E-state index in [1.165, 1.54) is 6.07 Å². The third kappa shape index (κ3) is 3.16. The van der Waals surface area contributed by atoms with Crippen LogP contribution in [0, 0.1) is 0 Å². The fraction of sp³-hybridized carbons (Fsp3) is 0.250. The predicted molar refractivity (Wildman–Crippen MR) is 59.2 cm³/mol. The molecule has 1 unspecified atom stereocenters. The highest BCUT2D eigenvalue weighted by Gasteiger charge is 2.40. The van der Waals surface area contributed by atoms with E-state index in [9.17, 15) is 13.2 Å². The average Bonchev–Trinajstić information content (AvgIpc) is 2.08. The highest BCUT2D eigenvalue weighted by molar-refractivity contribution is 9.09. The van der Waals surface area contributed by atoms with Crippen molar-refractivity contribution in [2.75, 3.05) is 0 Å². The van der Waals surface area contributed by atoms with Crippen LogP contribution >= 0.6 is 50.7 Å². The number of hydrogen-bond donors (Lipinski definition) is 0. The van der Waals surface area contributed by atoms with E-state index < -0.39 is 11.0 Å². The third-order valence-electron chi connectivity index (χ3n) is 1.60. The lowest BCUT2D eigenvalue weighted by atomic mass is 10.1. The summed E-state index contributed by atoms with van der Waals surface area (Å²) in [6, 6.07) is 2.28. The van der Waals surface area contributed by atoms with Crippen LogP contribution in [0.4, 0.5) is 13.2 Å². The van der Waals surface area contributed by atoms with Crippen molar-refractivity contribution in [2.24, 2.45) is 0 Å². The van der Waals surface area contributed by atoms with Crippen molar-refractivity contribution in [3.8, 4) is 0 Å². The molecule has 0 aliphatic carbocycles. The van der Waals surface area contributed by atoms with E-state index in [0.29, 0.717) is 0 Å². The number of alkyl halides is 4. The van der Waals surface area contributed by atoms with Gasteiger partial charge in [-0.25, -0.2) is 0 Å². The van der Waals surface area contributed by atoms with Crippen LogP contribution in [0.15, 0.2) is 12.1 Å². The zero-order valence-corrected chi connectivity index (χ0v) is 10.7. The Kier molecular flexibility index (Phi) is 4.20. The van der Waals surface area contributed by atoms with Gasteiger partial charge in [0.1, 0.15) is 4.83 Å². The third-order valence-corrected chi connectivity index (χ3v) is 3.66. The molecule has 0 fully saturated rings. The van der Waals surface area contributed by atoms with E-state index in [1.54, 1.807) is 0 Å². The SMILES string of the molecule is FC(F)(F)C(Br)c1cc(Cl)c(Cl)cc1Cl. The Morgan fingerprint density at radius 2 is 1.47 bits per heavy atom. The Bertz CT molecular complexity index is 378. The van der Waals surface area contributed by atoms with Gasteiger partial charge in [0.05, 0.1) is 10.0 Å². The zero-order chi connectivity index (χ0) is 11.8. The summed E-state index contributed by atoms with van der Waals surface area (Å²) in [6.07, 6.45) is -4.43. The average molecular weight is 342 g/mol. The maximum atomic E-state index is 12.4. The van der Waals surface area contributed by atoms with Gasteiger partial charge in [-0.15, -0.1) is 0 Å². The minimum absolute atomic E-state index is 0.0322. The second-order valence-corrected chi connectivity index (χ2v) is 4.83. The number of halogens is 7. The van der Waals surface area contributed by atoms with Gasteiger partial charge in [0.15, 0.2) is 0 Å². The first-order valence-electron chi connectivity index (χ1n) is 3.58. The molecule has 0 aromatic heterocycles. The van der Waals surface area contributed by atoms with Crippen molar-refractivity contribution in [1.29, 1.82) is 0 Å².